The van der Waals surface area contributed by atoms with E-state index in [0.717, 1.165) is 16.6 Å². The second kappa shape index (κ2) is 5.84. The average molecular weight is 394 g/mol. The third-order valence-corrected chi connectivity index (χ3v) is 6.40. The number of amides is 2. The van der Waals surface area contributed by atoms with Gasteiger partial charge in [0.1, 0.15) is 5.25 Å². The van der Waals surface area contributed by atoms with Gasteiger partial charge in [0, 0.05) is 15.5 Å². The van der Waals surface area contributed by atoms with Crippen molar-refractivity contribution < 1.29 is 14.7 Å². The number of amidine groups is 1. The van der Waals surface area contributed by atoms with Crippen LogP contribution in [0.25, 0.3) is 0 Å². The van der Waals surface area contributed by atoms with Gasteiger partial charge in [-0.1, -0.05) is 29.4 Å². The van der Waals surface area contributed by atoms with Crippen LogP contribution in [0.15, 0.2) is 40.7 Å². The minimum atomic E-state index is -2.05. The van der Waals surface area contributed by atoms with Crippen molar-refractivity contribution in [1.82, 2.24) is 0 Å². The van der Waals surface area contributed by atoms with Gasteiger partial charge in [0.25, 0.3) is 11.8 Å². The van der Waals surface area contributed by atoms with Gasteiger partial charge in [-0.05, 0) is 29.6 Å². The maximum absolute atomic E-state index is 13.1. The summed E-state index contributed by atoms with van der Waals surface area (Å²) in [4.78, 5) is 31.4. The monoisotopic (exact) mass is 393 g/mol. The number of hydrogen-bond acceptors (Lipinski definition) is 6. The summed E-state index contributed by atoms with van der Waals surface area (Å²) in [5.74, 6) is -1.20. The summed E-state index contributed by atoms with van der Waals surface area (Å²) in [5, 5.41) is 12.5. The molecule has 3 heterocycles. The van der Waals surface area contributed by atoms with Crippen LogP contribution in [0.3, 0.4) is 0 Å². The highest BCUT2D eigenvalue weighted by Crippen LogP contribution is 2.48. The first-order chi connectivity index (χ1) is 11.9. The molecule has 0 fully saturated rings. The number of aliphatic hydroxyl groups is 1. The van der Waals surface area contributed by atoms with Crippen molar-refractivity contribution in [1.29, 1.82) is 0 Å². The zero-order chi connectivity index (χ0) is 17.8. The molecule has 0 radical (unpaired) electrons. The number of halogens is 1. The maximum atomic E-state index is 13.1. The molecule has 25 heavy (non-hydrogen) atoms. The number of nitrogens with two attached hydrogens (primary N) is 1. The van der Waals surface area contributed by atoms with Crippen molar-refractivity contribution in [3.63, 3.8) is 0 Å². The number of thiophene rings is 1. The van der Waals surface area contributed by atoms with E-state index in [1.165, 1.54) is 22.3 Å². The number of thioether (sulfide) groups is 1. The Balaban J connectivity index is 1.82. The molecule has 2 unspecified atom stereocenters. The molecule has 2 atom stereocenters. The Bertz CT molecular complexity index is 915. The molecule has 0 saturated heterocycles. The summed E-state index contributed by atoms with van der Waals surface area (Å²) in [6, 6.07) is 8.64. The van der Waals surface area contributed by atoms with Crippen molar-refractivity contribution in [2.45, 2.75) is 17.4 Å². The smallest absolute Gasteiger partial charge is 0.265 e. The molecule has 0 saturated carbocycles. The fourth-order valence-corrected chi connectivity index (χ4v) is 4.88. The van der Waals surface area contributed by atoms with Crippen LogP contribution < -0.4 is 10.6 Å². The predicted octanol–water partition coefficient (Wildman–Crippen LogP) is 2.09. The molecular weight excluding hydrogens is 382 g/mol. The number of fused-ring (bicyclic) bond motifs is 1. The first-order valence-corrected chi connectivity index (χ1v) is 9.46. The van der Waals surface area contributed by atoms with Crippen molar-refractivity contribution in [2.75, 3.05) is 4.90 Å². The molecule has 0 spiro atoms. The number of aliphatic imine (C=N–C) groups is 1. The van der Waals surface area contributed by atoms with Gasteiger partial charge >= 0.3 is 0 Å². The molecule has 128 valence electrons. The van der Waals surface area contributed by atoms with Gasteiger partial charge in [-0.3, -0.25) is 9.59 Å². The molecule has 9 heteroatoms. The second-order valence-corrected chi connectivity index (χ2v) is 8.28. The van der Waals surface area contributed by atoms with Crippen molar-refractivity contribution in [3.05, 3.63) is 51.2 Å². The highest BCUT2D eigenvalue weighted by atomic mass is 35.5. The Morgan fingerprint density at radius 3 is 2.80 bits per heavy atom. The first kappa shape index (κ1) is 16.6. The lowest BCUT2D eigenvalue weighted by Crippen LogP contribution is -2.49. The minimum Gasteiger partial charge on any atom is -0.378 e. The Morgan fingerprint density at radius 1 is 1.36 bits per heavy atom. The zero-order valence-corrected chi connectivity index (χ0v) is 15.1. The number of carbonyl (C=O) groups excluding carboxylic acids is 2. The number of rotatable bonds is 3. The molecule has 1 aromatic carbocycles. The zero-order valence-electron chi connectivity index (χ0n) is 12.7. The SMILES string of the molecule is NC1=NC(=O)C(C2(O)C(=O)N(Cc3cccs3)c3ccc(Cl)cc32)S1. The molecule has 2 aromatic rings. The standard InChI is InChI=1S/C16H12ClN3O3S2/c17-8-3-4-11-10(6-8)16(23,12-13(21)19-15(18)25-12)14(22)20(11)7-9-2-1-5-24-9/h1-6,12,23H,7H2,(H2,18,19,21). The fraction of sp³-hybridized carbons (Fsp3) is 0.188. The summed E-state index contributed by atoms with van der Waals surface area (Å²) < 4.78 is 0. The largest absolute Gasteiger partial charge is 0.378 e. The molecule has 3 N–H and O–H groups in total. The van der Waals surface area contributed by atoms with Gasteiger partial charge in [0.15, 0.2) is 10.8 Å². The molecule has 0 aliphatic carbocycles. The van der Waals surface area contributed by atoms with Crippen LogP contribution in [0.2, 0.25) is 5.02 Å². The summed E-state index contributed by atoms with van der Waals surface area (Å²) in [7, 11) is 0. The third-order valence-electron chi connectivity index (χ3n) is 4.19. The summed E-state index contributed by atoms with van der Waals surface area (Å²) in [5.41, 5.74) is 4.40. The van der Waals surface area contributed by atoms with E-state index in [1.807, 2.05) is 17.5 Å². The van der Waals surface area contributed by atoms with E-state index in [2.05, 4.69) is 4.99 Å². The van der Waals surface area contributed by atoms with Gasteiger partial charge in [0.05, 0.1) is 12.2 Å². The number of anilines is 1. The topological polar surface area (TPSA) is 96.0 Å². The normalized spacial score (nSPS) is 25.4. The number of hydrogen-bond donors (Lipinski definition) is 2. The maximum Gasteiger partial charge on any atom is 0.265 e. The first-order valence-electron chi connectivity index (χ1n) is 7.32. The lowest BCUT2D eigenvalue weighted by molar-refractivity contribution is -0.140. The van der Waals surface area contributed by atoms with Crippen LogP contribution in [-0.2, 0) is 21.7 Å². The second-order valence-electron chi connectivity index (χ2n) is 5.68. The lowest BCUT2D eigenvalue weighted by Gasteiger charge is -2.26. The Labute approximate surface area is 156 Å². The summed E-state index contributed by atoms with van der Waals surface area (Å²) in [6.07, 6.45) is 0. The molecule has 1 aromatic heterocycles. The minimum absolute atomic E-state index is 0.0384. The van der Waals surface area contributed by atoms with Crippen molar-refractivity contribution in [3.8, 4) is 0 Å². The molecule has 2 aliphatic rings. The van der Waals surface area contributed by atoms with Crippen molar-refractivity contribution >= 4 is 57.4 Å². The highest BCUT2D eigenvalue weighted by molar-refractivity contribution is 8.15. The van der Waals surface area contributed by atoms with Crippen LogP contribution in [0.1, 0.15) is 10.4 Å². The van der Waals surface area contributed by atoms with Gasteiger partial charge < -0.3 is 15.7 Å². The predicted molar refractivity (Wildman–Crippen MR) is 98.9 cm³/mol. The molecule has 6 nitrogen and oxygen atoms in total. The fourth-order valence-electron chi connectivity index (χ4n) is 3.08. The number of nitrogens with zero attached hydrogens (tertiary/aromatic N) is 2. The van der Waals surface area contributed by atoms with E-state index in [0.29, 0.717) is 22.8 Å². The van der Waals surface area contributed by atoms with Crippen LogP contribution in [-0.4, -0.2) is 27.3 Å². The van der Waals surface area contributed by atoms with Gasteiger partial charge in [0.2, 0.25) is 0 Å². The molecule has 4 rings (SSSR count). The van der Waals surface area contributed by atoms with Crippen LogP contribution >= 0.6 is 34.7 Å². The molecular formula is C16H12ClN3O3S2. The molecule has 2 amide bonds. The van der Waals surface area contributed by atoms with E-state index >= 15 is 0 Å². The number of carbonyl (C=O) groups is 2. The van der Waals surface area contributed by atoms with Crippen LogP contribution in [0.5, 0.6) is 0 Å². The summed E-state index contributed by atoms with van der Waals surface area (Å²) in [6.45, 7) is 0.301. The van der Waals surface area contributed by atoms with Crippen LogP contribution in [0, 0.1) is 0 Å². The van der Waals surface area contributed by atoms with Gasteiger partial charge in [-0.2, -0.15) is 4.99 Å². The molecule has 0 bridgehead atoms. The third kappa shape index (κ3) is 2.48. The highest BCUT2D eigenvalue weighted by Gasteiger charge is 2.59. The van der Waals surface area contributed by atoms with Gasteiger partial charge in [-0.25, -0.2) is 0 Å². The van der Waals surface area contributed by atoms with E-state index < -0.39 is 22.7 Å². The molecule has 2 aliphatic heterocycles. The van der Waals surface area contributed by atoms with E-state index in [9.17, 15) is 14.7 Å². The lowest BCUT2D eigenvalue weighted by atomic mass is 9.91. The van der Waals surface area contributed by atoms with E-state index in [-0.39, 0.29) is 5.17 Å². The number of benzene rings is 1. The average Bonchev–Trinajstić information content (AvgIpc) is 3.24. The van der Waals surface area contributed by atoms with Crippen LogP contribution in [0.4, 0.5) is 5.69 Å². The Morgan fingerprint density at radius 2 is 2.16 bits per heavy atom. The summed E-state index contributed by atoms with van der Waals surface area (Å²) >= 11 is 8.48. The Kier molecular flexibility index (Phi) is 3.88. The van der Waals surface area contributed by atoms with Crippen molar-refractivity contribution in [2.24, 2.45) is 10.7 Å². The Hall–Kier alpha value is -1.87. The van der Waals surface area contributed by atoms with Gasteiger partial charge in [-0.15, -0.1) is 11.3 Å². The van der Waals surface area contributed by atoms with E-state index in [1.54, 1.807) is 12.1 Å². The quantitative estimate of drug-likeness (QED) is 0.832. The van der Waals surface area contributed by atoms with E-state index in [4.69, 9.17) is 17.3 Å².